The molecule has 0 N–H and O–H groups in total. The van der Waals surface area contributed by atoms with E-state index in [0.717, 1.165) is 4.90 Å². The van der Waals surface area contributed by atoms with Gasteiger partial charge in [-0.25, -0.2) is 22.4 Å². The molecule has 4 nitrogen and oxygen atoms in total. The van der Waals surface area contributed by atoms with Crippen molar-refractivity contribution in [3.05, 3.63) is 0 Å². The van der Waals surface area contributed by atoms with Gasteiger partial charge in [-0.3, -0.25) is 9.80 Å². The van der Waals surface area contributed by atoms with Crippen LogP contribution in [0.4, 0.5) is 22.4 Å². The normalized spacial score (nSPS) is 29.4. The molecular formula is C11H16F4N2O2. The first-order chi connectivity index (χ1) is 8.61. The monoisotopic (exact) mass is 284 g/mol. The lowest BCUT2D eigenvalue weighted by atomic mass is 10.2. The molecule has 0 aromatic rings. The second kappa shape index (κ2) is 4.50. The summed E-state index contributed by atoms with van der Waals surface area (Å²) in [5.74, 6) is -6.07. The Morgan fingerprint density at radius 2 is 1.79 bits per heavy atom. The largest absolute Gasteiger partial charge is 0.438 e. The number of alkyl halides is 4. The number of nitrogens with zero attached hydrogens (tertiary/aromatic N) is 2. The average molecular weight is 284 g/mol. The zero-order valence-corrected chi connectivity index (χ0v) is 10.7. The van der Waals surface area contributed by atoms with E-state index < -0.39 is 43.7 Å². The highest BCUT2D eigenvalue weighted by Gasteiger charge is 2.53. The average Bonchev–Trinajstić information content (AvgIpc) is 2.51. The molecule has 2 rings (SSSR count). The molecule has 110 valence electrons. The number of carbonyl (C=O) groups is 1. The molecule has 0 saturated carbocycles. The molecule has 0 bridgehead atoms. The molecule has 2 fully saturated rings. The number of halogens is 4. The standard InChI is InChI=1S/C11H16F4N2O2/c1-7(2)16-3-8(11(14,15)6-16)19-9(18)17-4-10(12,13)5-17/h7-8H,3-6H2,1-2H3. The maximum Gasteiger partial charge on any atom is 0.410 e. The van der Waals surface area contributed by atoms with Crippen molar-refractivity contribution >= 4 is 6.09 Å². The summed E-state index contributed by atoms with van der Waals surface area (Å²) in [5, 5.41) is 0. The molecule has 1 unspecified atom stereocenters. The summed E-state index contributed by atoms with van der Waals surface area (Å²) in [7, 11) is 0. The van der Waals surface area contributed by atoms with Crippen LogP contribution in [0.15, 0.2) is 0 Å². The molecule has 8 heteroatoms. The van der Waals surface area contributed by atoms with Crippen molar-refractivity contribution in [3.63, 3.8) is 0 Å². The van der Waals surface area contributed by atoms with E-state index in [2.05, 4.69) is 4.74 Å². The van der Waals surface area contributed by atoms with Gasteiger partial charge >= 0.3 is 6.09 Å². The highest BCUT2D eigenvalue weighted by atomic mass is 19.3. The topological polar surface area (TPSA) is 32.8 Å². The van der Waals surface area contributed by atoms with Crippen LogP contribution in [0.2, 0.25) is 0 Å². The van der Waals surface area contributed by atoms with Gasteiger partial charge in [0.25, 0.3) is 11.8 Å². The minimum Gasteiger partial charge on any atom is -0.438 e. The van der Waals surface area contributed by atoms with E-state index in [-0.39, 0.29) is 12.6 Å². The van der Waals surface area contributed by atoms with Gasteiger partial charge in [0.15, 0.2) is 6.10 Å². The van der Waals surface area contributed by atoms with Crippen LogP contribution in [0.25, 0.3) is 0 Å². The zero-order chi connectivity index (χ0) is 14.4. The molecule has 0 aliphatic carbocycles. The van der Waals surface area contributed by atoms with Crippen LogP contribution < -0.4 is 0 Å². The second-order valence-corrected chi connectivity index (χ2v) is 5.37. The third kappa shape index (κ3) is 2.93. The fourth-order valence-corrected chi connectivity index (χ4v) is 2.14. The quantitative estimate of drug-likeness (QED) is 0.725. The Hall–Kier alpha value is -1.05. The van der Waals surface area contributed by atoms with Crippen molar-refractivity contribution in [1.29, 1.82) is 0 Å². The van der Waals surface area contributed by atoms with Crippen molar-refractivity contribution in [2.45, 2.75) is 37.8 Å². The summed E-state index contributed by atoms with van der Waals surface area (Å²) in [6.45, 7) is 1.42. The molecule has 1 atom stereocenters. The van der Waals surface area contributed by atoms with E-state index in [1.165, 1.54) is 4.90 Å². The number of hydrogen-bond acceptors (Lipinski definition) is 3. The van der Waals surface area contributed by atoms with Crippen LogP contribution in [0.5, 0.6) is 0 Å². The predicted octanol–water partition coefficient (Wildman–Crippen LogP) is 1.80. The van der Waals surface area contributed by atoms with Crippen molar-refractivity contribution in [3.8, 4) is 0 Å². The van der Waals surface area contributed by atoms with Gasteiger partial charge in [-0.05, 0) is 13.8 Å². The summed E-state index contributed by atoms with van der Waals surface area (Å²) < 4.78 is 57.1. The molecule has 2 saturated heterocycles. The highest BCUT2D eigenvalue weighted by molar-refractivity contribution is 5.69. The summed E-state index contributed by atoms with van der Waals surface area (Å²) >= 11 is 0. The van der Waals surface area contributed by atoms with Gasteiger partial charge in [-0.2, -0.15) is 0 Å². The number of likely N-dealkylation sites (tertiary alicyclic amines) is 2. The van der Waals surface area contributed by atoms with Crippen molar-refractivity contribution in [1.82, 2.24) is 9.80 Å². The smallest absolute Gasteiger partial charge is 0.410 e. The Bertz CT molecular complexity index is 368. The first kappa shape index (κ1) is 14.4. The van der Waals surface area contributed by atoms with Crippen LogP contribution in [0, 0.1) is 0 Å². The highest BCUT2D eigenvalue weighted by Crippen LogP contribution is 2.33. The Balaban J connectivity index is 1.90. The molecular weight excluding hydrogens is 268 g/mol. The molecule has 2 aliphatic heterocycles. The molecule has 0 aromatic heterocycles. The number of rotatable bonds is 2. The predicted molar refractivity (Wildman–Crippen MR) is 58.4 cm³/mol. The minimum atomic E-state index is -3.15. The molecule has 0 aromatic carbocycles. The van der Waals surface area contributed by atoms with Crippen LogP contribution in [-0.4, -0.2) is 66.1 Å². The van der Waals surface area contributed by atoms with E-state index in [4.69, 9.17) is 0 Å². The van der Waals surface area contributed by atoms with E-state index in [1.807, 2.05) is 0 Å². The van der Waals surface area contributed by atoms with E-state index in [9.17, 15) is 22.4 Å². The van der Waals surface area contributed by atoms with Gasteiger partial charge in [0.1, 0.15) is 0 Å². The summed E-state index contributed by atoms with van der Waals surface area (Å²) in [6, 6.07) is -0.0945. The molecule has 0 spiro atoms. The van der Waals surface area contributed by atoms with E-state index in [0.29, 0.717) is 0 Å². The van der Waals surface area contributed by atoms with Crippen molar-refractivity contribution in [2.24, 2.45) is 0 Å². The second-order valence-electron chi connectivity index (χ2n) is 5.37. The van der Waals surface area contributed by atoms with Gasteiger partial charge in [0.05, 0.1) is 19.6 Å². The lowest BCUT2D eigenvalue weighted by molar-refractivity contribution is -0.135. The number of amides is 1. The van der Waals surface area contributed by atoms with Crippen LogP contribution >= 0.6 is 0 Å². The summed E-state index contributed by atoms with van der Waals surface area (Å²) in [5.41, 5.74) is 0. The van der Waals surface area contributed by atoms with Crippen molar-refractivity contribution in [2.75, 3.05) is 26.2 Å². The van der Waals surface area contributed by atoms with Crippen LogP contribution in [0.1, 0.15) is 13.8 Å². The van der Waals surface area contributed by atoms with Crippen LogP contribution in [0.3, 0.4) is 0 Å². The molecule has 2 aliphatic rings. The Morgan fingerprint density at radius 1 is 1.21 bits per heavy atom. The van der Waals surface area contributed by atoms with Gasteiger partial charge < -0.3 is 4.74 Å². The summed E-state index contributed by atoms with van der Waals surface area (Å²) in [6.07, 6.45) is -2.67. The van der Waals surface area contributed by atoms with Gasteiger partial charge in [0, 0.05) is 12.6 Å². The lowest BCUT2D eigenvalue weighted by Gasteiger charge is -2.38. The number of ether oxygens (including phenoxy) is 1. The minimum absolute atomic E-state index is 0.0827. The Kier molecular flexibility index (Phi) is 3.40. The zero-order valence-electron chi connectivity index (χ0n) is 10.7. The van der Waals surface area contributed by atoms with Crippen LogP contribution in [-0.2, 0) is 4.74 Å². The Morgan fingerprint density at radius 3 is 2.21 bits per heavy atom. The SMILES string of the molecule is CC(C)N1CC(OC(=O)N2CC(F)(F)C2)C(F)(F)C1. The lowest BCUT2D eigenvalue weighted by Crippen LogP contribution is -2.59. The first-order valence-electron chi connectivity index (χ1n) is 6.06. The Labute approximate surface area is 108 Å². The van der Waals surface area contributed by atoms with Gasteiger partial charge in [-0.1, -0.05) is 0 Å². The first-order valence-corrected chi connectivity index (χ1v) is 6.06. The third-order valence-corrected chi connectivity index (χ3v) is 3.36. The maximum atomic E-state index is 13.6. The van der Waals surface area contributed by atoms with Gasteiger partial charge in [0.2, 0.25) is 0 Å². The molecule has 0 radical (unpaired) electrons. The number of carbonyl (C=O) groups excluding carboxylic acids is 1. The van der Waals surface area contributed by atoms with Crippen molar-refractivity contribution < 1.29 is 27.1 Å². The molecule has 1 amide bonds. The summed E-state index contributed by atoms with van der Waals surface area (Å²) in [4.78, 5) is 13.7. The molecule has 2 heterocycles. The van der Waals surface area contributed by atoms with E-state index >= 15 is 0 Å². The third-order valence-electron chi connectivity index (χ3n) is 3.36. The van der Waals surface area contributed by atoms with E-state index in [1.54, 1.807) is 13.8 Å². The fraction of sp³-hybridized carbons (Fsp3) is 0.909. The molecule has 19 heavy (non-hydrogen) atoms. The van der Waals surface area contributed by atoms with Gasteiger partial charge in [-0.15, -0.1) is 0 Å². The number of hydrogen-bond donors (Lipinski definition) is 0. The fourth-order valence-electron chi connectivity index (χ4n) is 2.14. The maximum absolute atomic E-state index is 13.6.